The third kappa shape index (κ3) is 2.75. The molecular weight excluding hydrogens is 238 g/mol. The van der Waals surface area contributed by atoms with Gasteiger partial charge in [-0.25, -0.2) is 0 Å². The zero-order valence-electron chi connectivity index (χ0n) is 11.4. The maximum absolute atomic E-state index is 11.9. The summed E-state index contributed by atoms with van der Waals surface area (Å²) >= 11 is 0. The third-order valence-electron chi connectivity index (χ3n) is 4.16. The van der Waals surface area contributed by atoms with E-state index in [-0.39, 0.29) is 17.9 Å². The van der Waals surface area contributed by atoms with Crippen LogP contribution in [0.5, 0.6) is 5.75 Å². The van der Waals surface area contributed by atoms with Gasteiger partial charge < -0.3 is 10.1 Å². The largest absolute Gasteiger partial charge is 0.493 e. The summed E-state index contributed by atoms with van der Waals surface area (Å²) in [6.45, 7) is 2.88. The van der Waals surface area contributed by atoms with Gasteiger partial charge in [0.25, 0.3) is 0 Å². The van der Waals surface area contributed by atoms with Gasteiger partial charge in [-0.05, 0) is 43.4 Å². The van der Waals surface area contributed by atoms with Gasteiger partial charge in [-0.15, -0.1) is 0 Å². The lowest BCUT2D eigenvalue weighted by molar-refractivity contribution is -0.127. The Hall–Kier alpha value is -1.51. The molecular formula is C16H21NO2. The van der Waals surface area contributed by atoms with Gasteiger partial charge in [0, 0.05) is 18.4 Å². The molecule has 3 nitrogen and oxygen atoms in total. The van der Waals surface area contributed by atoms with E-state index in [9.17, 15) is 4.79 Å². The van der Waals surface area contributed by atoms with Crippen LogP contribution in [-0.2, 0) is 17.6 Å². The molecule has 1 atom stereocenters. The SMILES string of the molecule is CC(Cc1ccc2c(c1)CCO2)NC(=O)C1CCC1. The first kappa shape index (κ1) is 12.5. The van der Waals surface area contributed by atoms with Gasteiger partial charge in [0.2, 0.25) is 5.91 Å². The summed E-state index contributed by atoms with van der Waals surface area (Å²) in [7, 11) is 0. The highest BCUT2D eigenvalue weighted by molar-refractivity contribution is 5.79. The molecule has 3 rings (SSSR count). The average molecular weight is 259 g/mol. The molecule has 0 saturated heterocycles. The normalized spacial score (nSPS) is 19.2. The van der Waals surface area contributed by atoms with E-state index >= 15 is 0 Å². The second kappa shape index (κ2) is 5.24. The smallest absolute Gasteiger partial charge is 0.223 e. The van der Waals surface area contributed by atoms with Crippen LogP contribution in [0.15, 0.2) is 18.2 Å². The summed E-state index contributed by atoms with van der Waals surface area (Å²) in [6.07, 6.45) is 5.23. The van der Waals surface area contributed by atoms with E-state index in [0.717, 1.165) is 38.0 Å². The number of rotatable bonds is 4. The summed E-state index contributed by atoms with van der Waals surface area (Å²) in [5.41, 5.74) is 2.58. The molecule has 1 unspecified atom stereocenters. The van der Waals surface area contributed by atoms with Crippen LogP contribution in [0.3, 0.4) is 0 Å². The van der Waals surface area contributed by atoms with Crippen LogP contribution in [0.4, 0.5) is 0 Å². The zero-order valence-corrected chi connectivity index (χ0v) is 11.4. The minimum atomic E-state index is 0.202. The Morgan fingerprint density at radius 1 is 1.47 bits per heavy atom. The van der Waals surface area contributed by atoms with Crippen LogP contribution in [0.1, 0.15) is 37.3 Å². The fourth-order valence-corrected chi connectivity index (χ4v) is 2.80. The molecule has 0 aromatic heterocycles. The van der Waals surface area contributed by atoms with Gasteiger partial charge in [-0.3, -0.25) is 4.79 Å². The first-order valence-electron chi connectivity index (χ1n) is 7.27. The average Bonchev–Trinajstić information content (AvgIpc) is 2.73. The van der Waals surface area contributed by atoms with E-state index in [1.54, 1.807) is 0 Å². The predicted octanol–water partition coefficient (Wildman–Crippen LogP) is 2.47. The maximum Gasteiger partial charge on any atom is 0.223 e. The van der Waals surface area contributed by atoms with Gasteiger partial charge in [-0.1, -0.05) is 18.6 Å². The molecule has 1 amide bonds. The first-order valence-corrected chi connectivity index (χ1v) is 7.27. The molecule has 1 fully saturated rings. The van der Waals surface area contributed by atoms with Crippen molar-refractivity contribution in [1.29, 1.82) is 0 Å². The number of hydrogen-bond donors (Lipinski definition) is 1. The Kier molecular flexibility index (Phi) is 3.45. The summed E-state index contributed by atoms with van der Waals surface area (Å²) in [5, 5.41) is 3.13. The third-order valence-corrected chi connectivity index (χ3v) is 4.16. The Labute approximate surface area is 114 Å². The molecule has 1 aliphatic carbocycles. The number of ether oxygens (including phenoxy) is 1. The van der Waals surface area contributed by atoms with Crippen molar-refractivity contribution in [3.8, 4) is 5.75 Å². The van der Waals surface area contributed by atoms with Gasteiger partial charge in [0.1, 0.15) is 5.75 Å². The molecule has 1 saturated carbocycles. The minimum absolute atomic E-state index is 0.202. The Morgan fingerprint density at radius 3 is 3.05 bits per heavy atom. The fourth-order valence-electron chi connectivity index (χ4n) is 2.80. The molecule has 0 spiro atoms. The summed E-state index contributed by atoms with van der Waals surface area (Å²) in [6, 6.07) is 6.58. The van der Waals surface area contributed by atoms with Crippen molar-refractivity contribution < 1.29 is 9.53 Å². The van der Waals surface area contributed by atoms with Gasteiger partial charge in [-0.2, -0.15) is 0 Å². The van der Waals surface area contributed by atoms with E-state index in [0.29, 0.717) is 0 Å². The Bertz CT molecular complexity index is 480. The van der Waals surface area contributed by atoms with Crippen molar-refractivity contribution in [2.24, 2.45) is 5.92 Å². The highest BCUT2D eigenvalue weighted by Crippen LogP contribution is 2.27. The molecule has 0 bridgehead atoms. The molecule has 19 heavy (non-hydrogen) atoms. The van der Waals surface area contributed by atoms with E-state index in [4.69, 9.17) is 4.74 Å². The molecule has 2 aliphatic rings. The van der Waals surface area contributed by atoms with Crippen LogP contribution < -0.4 is 10.1 Å². The van der Waals surface area contributed by atoms with Crippen molar-refractivity contribution in [2.75, 3.05) is 6.61 Å². The molecule has 1 N–H and O–H groups in total. The van der Waals surface area contributed by atoms with Crippen LogP contribution in [-0.4, -0.2) is 18.6 Å². The quantitative estimate of drug-likeness (QED) is 0.902. The lowest BCUT2D eigenvalue weighted by Crippen LogP contribution is -2.40. The molecule has 1 aliphatic heterocycles. The van der Waals surface area contributed by atoms with Crippen molar-refractivity contribution >= 4 is 5.91 Å². The number of hydrogen-bond acceptors (Lipinski definition) is 2. The maximum atomic E-state index is 11.9. The highest BCUT2D eigenvalue weighted by atomic mass is 16.5. The fraction of sp³-hybridized carbons (Fsp3) is 0.562. The Balaban J connectivity index is 1.56. The van der Waals surface area contributed by atoms with Crippen LogP contribution in [0.25, 0.3) is 0 Å². The molecule has 1 aromatic carbocycles. The van der Waals surface area contributed by atoms with Gasteiger partial charge in [0.15, 0.2) is 0 Å². The topological polar surface area (TPSA) is 38.3 Å². The summed E-state index contributed by atoms with van der Waals surface area (Å²) < 4.78 is 5.51. The summed E-state index contributed by atoms with van der Waals surface area (Å²) in [4.78, 5) is 11.9. The molecule has 1 aromatic rings. The van der Waals surface area contributed by atoms with Crippen molar-refractivity contribution in [1.82, 2.24) is 5.32 Å². The standard InChI is InChI=1S/C16H21NO2/c1-11(17-16(18)13-3-2-4-13)9-12-5-6-15-14(10-12)7-8-19-15/h5-6,10-11,13H,2-4,7-9H2,1H3,(H,17,18). The zero-order chi connectivity index (χ0) is 13.2. The van der Waals surface area contributed by atoms with Crippen molar-refractivity contribution in [3.63, 3.8) is 0 Å². The number of benzene rings is 1. The number of fused-ring (bicyclic) bond motifs is 1. The molecule has 0 radical (unpaired) electrons. The summed E-state index contributed by atoms with van der Waals surface area (Å²) in [5.74, 6) is 1.54. The second-order valence-electron chi connectivity index (χ2n) is 5.78. The number of nitrogens with one attached hydrogen (secondary N) is 1. The van der Waals surface area contributed by atoms with E-state index in [2.05, 4.69) is 30.4 Å². The second-order valence-corrected chi connectivity index (χ2v) is 5.78. The van der Waals surface area contributed by atoms with Crippen molar-refractivity contribution in [2.45, 2.75) is 45.1 Å². The number of amides is 1. The Morgan fingerprint density at radius 2 is 2.32 bits per heavy atom. The van der Waals surface area contributed by atoms with Crippen LogP contribution in [0.2, 0.25) is 0 Å². The number of carbonyl (C=O) groups is 1. The lowest BCUT2D eigenvalue weighted by Gasteiger charge is -2.26. The van der Waals surface area contributed by atoms with Gasteiger partial charge >= 0.3 is 0 Å². The molecule has 102 valence electrons. The highest BCUT2D eigenvalue weighted by Gasteiger charge is 2.26. The lowest BCUT2D eigenvalue weighted by atomic mass is 9.84. The van der Waals surface area contributed by atoms with Crippen molar-refractivity contribution in [3.05, 3.63) is 29.3 Å². The van der Waals surface area contributed by atoms with E-state index in [1.165, 1.54) is 17.5 Å². The van der Waals surface area contributed by atoms with E-state index in [1.807, 2.05) is 0 Å². The monoisotopic (exact) mass is 259 g/mol. The minimum Gasteiger partial charge on any atom is -0.493 e. The number of carbonyl (C=O) groups excluding carboxylic acids is 1. The predicted molar refractivity (Wildman–Crippen MR) is 74.3 cm³/mol. The van der Waals surface area contributed by atoms with E-state index < -0.39 is 0 Å². The molecule has 3 heteroatoms. The van der Waals surface area contributed by atoms with Gasteiger partial charge in [0.05, 0.1) is 6.61 Å². The molecule has 1 heterocycles. The first-order chi connectivity index (χ1) is 9.22. The van der Waals surface area contributed by atoms with Crippen LogP contribution >= 0.6 is 0 Å². The van der Waals surface area contributed by atoms with Crippen LogP contribution in [0, 0.1) is 5.92 Å².